The minimum absolute atomic E-state index is 0.0349. The molecule has 28 heavy (non-hydrogen) atoms. The highest BCUT2D eigenvalue weighted by atomic mass is 35.5. The van der Waals surface area contributed by atoms with E-state index in [2.05, 4.69) is 33.9 Å². The van der Waals surface area contributed by atoms with Crippen molar-refractivity contribution in [1.29, 1.82) is 0 Å². The third kappa shape index (κ3) is 4.24. The van der Waals surface area contributed by atoms with Crippen LogP contribution in [-0.2, 0) is 15.8 Å². The Morgan fingerprint density at radius 2 is 1.82 bits per heavy atom. The minimum atomic E-state index is -2.00. The van der Waals surface area contributed by atoms with Crippen LogP contribution in [-0.4, -0.2) is 14.3 Å². The summed E-state index contributed by atoms with van der Waals surface area (Å²) >= 11 is 5.97. The van der Waals surface area contributed by atoms with Crippen molar-refractivity contribution < 1.29 is 18.4 Å². The van der Waals surface area contributed by atoms with Crippen LogP contribution in [0.25, 0.3) is 0 Å². The van der Waals surface area contributed by atoms with Crippen LogP contribution in [0.1, 0.15) is 50.2 Å². The van der Waals surface area contributed by atoms with Gasteiger partial charge in [0.05, 0.1) is 18.9 Å². The van der Waals surface area contributed by atoms with Crippen LogP contribution in [0.5, 0.6) is 5.75 Å². The fourth-order valence-electron chi connectivity index (χ4n) is 2.80. The molecule has 0 N–H and O–H groups in total. The van der Waals surface area contributed by atoms with E-state index in [1.54, 1.807) is 12.1 Å². The fourth-order valence-corrected chi connectivity index (χ4v) is 3.86. The summed E-state index contributed by atoms with van der Waals surface area (Å²) in [6.07, 6.45) is 0.101. The Bertz CT molecular complexity index is 941. The van der Waals surface area contributed by atoms with Gasteiger partial charge < -0.3 is 13.6 Å². The Morgan fingerprint density at radius 3 is 2.43 bits per heavy atom. The molecular formula is C21H25ClO5Si. The normalized spacial score (nSPS) is 17.2. The average Bonchev–Trinajstić information content (AvgIpc) is 2.60. The van der Waals surface area contributed by atoms with Gasteiger partial charge in [0.1, 0.15) is 5.76 Å². The molecule has 0 fully saturated rings. The quantitative estimate of drug-likeness (QED) is 0.498. The van der Waals surface area contributed by atoms with E-state index in [1.807, 2.05) is 12.1 Å². The molecule has 1 aromatic heterocycles. The third-order valence-corrected chi connectivity index (χ3v) is 10.3. The van der Waals surface area contributed by atoms with Gasteiger partial charge >= 0.3 is 5.97 Å². The maximum absolute atomic E-state index is 12.6. The van der Waals surface area contributed by atoms with Gasteiger partial charge in [-0.15, -0.1) is 0 Å². The molecule has 7 heteroatoms. The minimum Gasteiger partial charge on any atom is -0.459 e. The molecule has 3 rings (SSSR count). The summed E-state index contributed by atoms with van der Waals surface area (Å²) in [5.41, 5.74) is 0.468. The van der Waals surface area contributed by atoms with Crippen molar-refractivity contribution in [2.45, 2.75) is 57.8 Å². The predicted octanol–water partition coefficient (Wildman–Crippen LogP) is 5.26. The van der Waals surface area contributed by atoms with E-state index in [4.69, 9.17) is 25.2 Å². The summed E-state index contributed by atoms with van der Waals surface area (Å²) in [7, 11) is -2.00. The molecule has 0 spiro atoms. The zero-order valence-corrected chi connectivity index (χ0v) is 18.6. The van der Waals surface area contributed by atoms with E-state index >= 15 is 0 Å². The SMILES string of the molecule is CC(C)(C)[Si](C)(C)OCc1cc(=O)c2c(o1)[C@H](c1ccc(Cl)cc1)CC(=O)O2. The number of benzene rings is 1. The fraction of sp³-hybridized carbons (Fsp3) is 0.429. The molecule has 1 aliphatic heterocycles. The molecule has 0 saturated heterocycles. The van der Waals surface area contributed by atoms with Gasteiger partial charge in [0, 0.05) is 11.1 Å². The predicted molar refractivity (Wildman–Crippen MR) is 111 cm³/mol. The number of carbonyl (C=O) groups excluding carboxylic acids is 1. The summed E-state index contributed by atoms with van der Waals surface area (Å²) in [6.45, 7) is 10.9. The van der Waals surface area contributed by atoms with Crippen LogP contribution in [0.3, 0.4) is 0 Å². The van der Waals surface area contributed by atoms with Crippen LogP contribution >= 0.6 is 11.6 Å². The largest absolute Gasteiger partial charge is 0.459 e. The van der Waals surface area contributed by atoms with E-state index in [0.29, 0.717) is 16.5 Å². The Labute approximate surface area is 170 Å². The lowest BCUT2D eigenvalue weighted by atomic mass is 9.91. The van der Waals surface area contributed by atoms with Crippen molar-refractivity contribution >= 4 is 25.9 Å². The van der Waals surface area contributed by atoms with Crippen molar-refractivity contribution in [3.05, 3.63) is 62.7 Å². The molecule has 5 nitrogen and oxygen atoms in total. The van der Waals surface area contributed by atoms with Crippen LogP contribution in [0.15, 0.2) is 39.5 Å². The molecule has 1 aromatic carbocycles. The maximum atomic E-state index is 12.6. The van der Waals surface area contributed by atoms with Crippen molar-refractivity contribution in [1.82, 2.24) is 0 Å². The lowest BCUT2D eigenvalue weighted by molar-refractivity contribution is -0.136. The molecule has 2 heterocycles. The van der Waals surface area contributed by atoms with Crippen LogP contribution < -0.4 is 10.2 Å². The number of rotatable bonds is 4. The molecule has 0 amide bonds. The van der Waals surface area contributed by atoms with E-state index in [0.717, 1.165) is 5.56 Å². The smallest absolute Gasteiger partial charge is 0.312 e. The molecular weight excluding hydrogens is 396 g/mol. The van der Waals surface area contributed by atoms with Gasteiger partial charge in [0.25, 0.3) is 0 Å². The summed E-state index contributed by atoms with van der Waals surface area (Å²) in [5, 5.41) is 0.642. The molecule has 150 valence electrons. The topological polar surface area (TPSA) is 65.7 Å². The Kier molecular flexibility index (Phi) is 5.58. The number of fused-ring (bicyclic) bond motifs is 1. The van der Waals surface area contributed by atoms with Crippen molar-refractivity contribution in [3.63, 3.8) is 0 Å². The highest BCUT2D eigenvalue weighted by Gasteiger charge is 2.38. The van der Waals surface area contributed by atoms with Crippen molar-refractivity contribution in [3.8, 4) is 5.75 Å². The number of ether oxygens (including phenoxy) is 1. The molecule has 1 atom stereocenters. The average molecular weight is 421 g/mol. The van der Waals surface area contributed by atoms with Crippen molar-refractivity contribution in [2.24, 2.45) is 0 Å². The Morgan fingerprint density at radius 1 is 1.18 bits per heavy atom. The van der Waals surface area contributed by atoms with Gasteiger partial charge in [-0.25, -0.2) is 0 Å². The Balaban J connectivity index is 1.97. The summed E-state index contributed by atoms with van der Waals surface area (Å²) < 4.78 is 17.4. The van der Waals surface area contributed by atoms with E-state index in [9.17, 15) is 9.59 Å². The van der Waals surface area contributed by atoms with Gasteiger partial charge in [0.15, 0.2) is 14.1 Å². The number of hydrogen-bond donors (Lipinski definition) is 0. The first-order valence-electron chi connectivity index (χ1n) is 9.25. The van der Waals surface area contributed by atoms with Crippen LogP contribution in [0.2, 0.25) is 23.2 Å². The lowest BCUT2D eigenvalue weighted by Gasteiger charge is -2.36. The van der Waals surface area contributed by atoms with Gasteiger partial charge in [-0.1, -0.05) is 44.5 Å². The molecule has 0 bridgehead atoms. The number of halogens is 1. The third-order valence-electron chi connectivity index (χ3n) is 5.54. The first kappa shape index (κ1) is 20.8. The monoisotopic (exact) mass is 420 g/mol. The summed E-state index contributed by atoms with van der Waals surface area (Å²) in [5.74, 6) is -0.0833. The number of carbonyl (C=O) groups is 1. The van der Waals surface area contributed by atoms with Crippen LogP contribution in [0, 0.1) is 0 Å². The van der Waals surface area contributed by atoms with Gasteiger partial charge in [-0.2, -0.15) is 0 Å². The molecule has 1 aliphatic rings. The highest BCUT2D eigenvalue weighted by Crippen LogP contribution is 2.39. The molecule has 0 aliphatic carbocycles. The molecule has 0 radical (unpaired) electrons. The van der Waals surface area contributed by atoms with E-state index < -0.39 is 20.2 Å². The second kappa shape index (κ2) is 7.50. The van der Waals surface area contributed by atoms with Gasteiger partial charge in [-0.05, 0) is 35.8 Å². The number of esters is 1. The van der Waals surface area contributed by atoms with Gasteiger partial charge in [-0.3, -0.25) is 9.59 Å². The van der Waals surface area contributed by atoms with E-state index in [1.165, 1.54) is 6.07 Å². The number of hydrogen-bond acceptors (Lipinski definition) is 5. The highest BCUT2D eigenvalue weighted by molar-refractivity contribution is 6.74. The molecule has 0 unspecified atom stereocenters. The maximum Gasteiger partial charge on any atom is 0.312 e. The lowest BCUT2D eigenvalue weighted by Crippen LogP contribution is -2.40. The molecule has 0 saturated carbocycles. The Hall–Kier alpha value is -1.89. The second-order valence-corrected chi connectivity index (χ2v) is 13.8. The van der Waals surface area contributed by atoms with Crippen LogP contribution in [0.4, 0.5) is 0 Å². The zero-order valence-electron chi connectivity index (χ0n) is 16.8. The zero-order chi connectivity index (χ0) is 20.7. The van der Waals surface area contributed by atoms with E-state index in [-0.39, 0.29) is 29.2 Å². The van der Waals surface area contributed by atoms with Gasteiger partial charge in [0.2, 0.25) is 11.2 Å². The summed E-state index contributed by atoms with van der Waals surface area (Å²) in [4.78, 5) is 24.6. The van der Waals surface area contributed by atoms with Crippen molar-refractivity contribution in [2.75, 3.05) is 0 Å². The summed E-state index contributed by atoms with van der Waals surface area (Å²) in [6, 6.07) is 8.50. The standard InChI is InChI=1S/C21H25ClO5Si/c1-21(2,3)28(4,5)25-12-15-10-17(23)20-19(26-15)16(11-18(24)27-20)13-6-8-14(22)9-7-13/h6-10,16H,11-12H2,1-5H3/t16-/m0/s1. The first-order valence-corrected chi connectivity index (χ1v) is 12.5. The second-order valence-electron chi connectivity index (χ2n) is 8.60. The molecule has 2 aromatic rings. The first-order chi connectivity index (χ1) is 13.0.